The van der Waals surface area contributed by atoms with Crippen molar-refractivity contribution in [2.75, 3.05) is 19.0 Å². The lowest BCUT2D eigenvalue weighted by Crippen LogP contribution is -2.23. The predicted octanol–water partition coefficient (Wildman–Crippen LogP) is 4.42. The molecule has 0 saturated heterocycles. The van der Waals surface area contributed by atoms with Gasteiger partial charge in [0.25, 0.3) is 0 Å². The minimum Gasteiger partial charge on any atom is -0.393 e. The highest BCUT2D eigenvalue weighted by Crippen LogP contribution is 2.37. The van der Waals surface area contributed by atoms with Gasteiger partial charge >= 0.3 is 0 Å². The van der Waals surface area contributed by atoms with Gasteiger partial charge in [-0.15, -0.1) is 5.10 Å². The summed E-state index contributed by atoms with van der Waals surface area (Å²) in [5.41, 5.74) is 5.90. The van der Waals surface area contributed by atoms with Crippen molar-refractivity contribution in [1.82, 2.24) is 14.6 Å². The molecule has 30 heavy (non-hydrogen) atoms. The molecule has 4 rings (SSSR count). The molecular formula is C24H32N4O2. The van der Waals surface area contributed by atoms with Gasteiger partial charge in [-0.1, -0.05) is 31.2 Å². The number of ether oxygens (including phenoxy) is 1. The fourth-order valence-electron chi connectivity index (χ4n) is 4.41. The van der Waals surface area contributed by atoms with Gasteiger partial charge in [-0.2, -0.15) is 0 Å². The summed E-state index contributed by atoms with van der Waals surface area (Å²) in [5, 5.41) is 18.1. The first-order valence-electron chi connectivity index (χ1n) is 11.0. The van der Waals surface area contributed by atoms with Crippen LogP contribution in [0.25, 0.3) is 16.6 Å². The van der Waals surface area contributed by atoms with E-state index in [-0.39, 0.29) is 12.1 Å². The van der Waals surface area contributed by atoms with Crippen LogP contribution in [-0.2, 0) is 11.2 Å². The Kier molecular flexibility index (Phi) is 6.35. The van der Waals surface area contributed by atoms with Crippen LogP contribution >= 0.6 is 0 Å². The third-order valence-electron chi connectivity index (χ3n) is 6.13. The highest BCUT2D eigenvalue weighted by atomic mass is 16.5. The second-order valence-corrected chi connectivity index (χ2v) is 8.42. The second kappa shape index (κ2) is 9.14. The average Bonchev–Trinajstić information content (AvgIpc) is 3.13. The third-order valence-corrected chi connectivity index (χ3v) is 6.13. The van der Waals surface area contributed by atoms with Crippen LogP contribution in [0.5, 0.6) is 0 Å². The molecule has 0 radical (unpaired) electrons. The molecule has 2 N–H and O–H groups in total. The normalized spacial score (nSPS) is 20.4. The van der Waals surface area contributed by atoms with E-state index in [1.807, 2.05) is 6.20 Å². The summed E-state index contributed by atoms with van der Waals surface area (Å²) in [5.74, 6) is 0.997. The van der Waals surface area contributed by atoms with Gasteiger partial charge in [-0.3, -0.25) is 0 Å². The van der Waals surface area contributed by atoms with Gasteiger partial charge in [-0.05, 0) is 56.2 Å². The van der Waals surface area contributed by atoms with Crippen molar-refractivity contribution in [3.05, 3.63) is 47.8 Å². The number of aliphatic hydroxyl groups is 1. The van der Waals surface area contributed by atoms with Crippen LogP contribution in [0.1, 0.15) is 56.7 Å². The number of aryl methyl sites for hydroxylation is 1. The summed E-state index contributed by atoms with van der Waals surface area (Å²) in [6.07, 6.45) is 6.43. The molecule has 1 aliphatic carbocycles. The van der Waals surface area contributed by atoms with Crippen LogP contribution in [-0.4, -0.2) is 45.6 Å². The minimum absolute atomic E-state index is 0.123. The van der Waals surface area contributed by atoms with E-state index in [1.54, 1.807) is 7.11 Å². The zero-order valence-electron chi connectivity index (χ0n) is 18.1. The number of nitrogens with zero attached hydrogens (tertiary/aromatic N) is 3. The molecule has 2 heterocycles. The Labute approximate surface area is 178 Å². The van der Waals surface area contributed by atoms with E-state index in [4.69, 9.17) is 9.84 Å². The zero-order chi connectivity index (χ0) is 21.1. The number of hydrogen-bond acceptors (Lipinski definition) is 5. The Morgan fingerprint density at radius 1 is 1.20 bits per heavy atom. The second-order valence-electron chi connectivity index (χ2n) is 8.42. The van der Waals surface area contributed by atoms with Crippen molar-refractivity contribution < 1.29 is 9.84 Å². The van der Waals surface area contributed by atoms with Crippen LogP contribution in [0.15, 0.2) is 36.5 Å². The summed E-state index contributed by atoms with van der Waals surface area (Å²) < 4.78 is 7.28. The summed E-state index contributed by atoms with van der Waals surface area (Å²) in [6.45, 7) is 4.82. The quantitative estimate of drug-likeness (QED) is 0.605. The van der Waals surface area contributed by atoms with Crippen molar-refractivity contribution in [3.63, 3.8) is 0 Å². The molecule has 1 aromatic carbocycles. The molecule has 1 saturated carbocycles. The lowest BCUT2D eigenvalue weighted by molar-refractivity contribution is 0.121. The molecule has 2 aromatic heterocycles. The zero-order valence-corrected chi connectivity index (χ0v) is 18.1. The number of anilines is 1. The highest BCUT2D eigenvalue weighted by Gasteiger charge is 2.25. The van der Waals surface area contributed by atoms with Crippen molar-refractivity contribution in [2.24, 2.45) is 0 Å². The average molecular weight is 409 g/mol. The van der Waals surface area contributed by atoms with Crippen molar-refractivity contribution in [1.29, 1.82) is 0 Å². The van der Waals surface area contributed by atoms with Crippen LogP contribution in [0.4, 0.5) is 5.95 Å². The Hall–Kier alpha value is -2.44. The first-order chi connectivity index (χ1) is 14.6. The monoisotopic (exact) mass is 408 g/mol. The smallest absolute Gasteiger partial charge is 0.241 e. The van der Waals surface area contributed by atoms with Crippen molar-refractivity contribution in [2.45, 2.75) is 64.0 Å². The topological polar surface area (TPSA) is 71.7 Å². The van der Waals surface area contributed by atoms with E-state index in [0.717, 1.165) is 43.2 Å². The van der Waals surface area contributed by atoms with Gasteiger partial charge in [0.2, 0.25) is 5.95 Å². The number of fused-ring (bicyclic) bond motifs is 1. The first kappa shape index (κ1) is 20.8. The van der Waals surface area contributed by atoms with Gasteiger partial charge in [-0.25, -0.2) is 9.50 Å². The third kappa shape index (κ3) is 4.35. The molecule has 1 fully saturated rings. The van der Waals surface area contributed by atoms with Gasteiger partial charge in [0.05, 0.1) is 24.4 Å². The van der Waals surface area contributed by atoms with E-state index in [2.05, 4.69) is 59.0 Å². The van der Waals surface area contributed by atoms with Crippen LogP contribution < -0.4 is 5.32 Å². The number of nitrogens with one attached hydrogen (secondary N) is 1. The van der Waals surface area contributed by atoms with Gasteiger partial charge < -0.3 is 15.2 Å². The maximum Gasteiger partial charge on any atom is 0.241 e. The van der Waals surface area contributed by atoms with Crippen LogP contribution in [0.2, 0.25) is 0 Å². The van der Waals surface area contributed by atoms with Crippen LogP contribution in [0.3, 0.4) is 0 Å². The van der Waals surface area contributed by atoms with Gasteiger partial charge in [0, 0.05) is 30.3 Å². The predicted molar refractivity (Wildman–Crippen MR) is 120 cm³/mol. The molecule has 1 aliphatic rings. The van der Waals surface area contributed by atoms with E-state index in [1.165, 1.54) is 16.8 Å². The van der Waals surface area contributed by atoms with E-state index in [9.17, 15) is 5.11 Å². The molecule has 1 atom stereocenters. The highest BCUT2D eigenvalue weighted by molar-refractivity contribution is 5.81. The molecule has 3 aromatic rings. The molecule has 160 valence electrons. The summed E-state index contributed by atoms with van der Waals surface area (Å²) >= 11 is 0. The SMILES string of the molecule is CCc1ccc(-c2cc([C@H]3CC[C@H](O)CC3)n3nc(N[C@@H](C)COC)ncc23)cc1. The van der Waals surface area contributed by atoms with E-state index >= 15 is 0 Å². The van der Waals surface area contributed by atoms with E-state index in [0.29, 0.717) is 18.5 Å². The Morgan fingerprint density at radius 3 is 2.60 bits per heavy atom. The molecule has 0 aliphatic heterocycles. The van der Waals surface area contributed by atoms with Crippen molar-refractivity contribution in [3.8, 4) is 11.1 Å². The van der Waals surface area contributed by atoms with Gasteiger partial charge in [0.1, 0.15) is 0 Å². The summed E-state index contributed by atoms with van der Waals surface area (Å²) in [4.78, 5) is 4.58. The Bertz CT molecular complexity index is 975. The number of hydrogen-bond donors (Lipinski definition) is 2. The summed E-state index contributed by atoms with van der Waals surface area (Å²) in [7, 11) is 1.69. The standard InChI is InChI=1S/C24H32N4O2/c1-4-17-5-7-18(8-6-17)21-13-22(19-9-11-20(29)12-10-19)28-23(21)14-25-24(27-28)26-16(2)15-30-3/h5-8,13-14,16,19-20,29H,4,9-12,15H2,1-3H3,(H,26,27)/t16-,19-,20-/m0/s1. The maximum atomic E-state index is 9.96. The molecule has 6 nitrogen and oxygen atoms in total. The molecule has 0 spiro atoms. The molecule has 6 heteroatoms. The minimum atomic E-state index is -0.171. The van der Waals surface area contributed by atoms with Crippen molar-refractivity contribution >= 4 is 11.5 Å². The molecule has 0 amide bonds. The largest absolute Gasteiger partial charge is 0.393 e. The molecular weight excluding hydrogens is 376 g/mol. The van der Waals surface area contributed by atoms with Crippen LogP contribution in [0, 0.1) is 0 Å². The first-order valence-corrected chi connectivity index (χ1v) is 11.0. The maximum absolute atomic E-state index is 9.96. The lowest BCUT2D eigenvalue weighted by Gasteiger charge is -2.25. The number of benzene rings is 1. The van der Waals surface area contributed by atoms with Gasteiger partial charge in [0.15, 0.2) is 0 Å². The molecule has 0 unspecified atom stereocenters. The molecule has 0 bridgehead atoms. The number of aliphatic hydroxyl groups excluding tert-OH is 1. The number of rotatable bonds is 7. The number of methoxy groups -OCH3 is 1. The Balaban J connectivity index is 1.75. The summed E-state index contributed by atoms with van der Waals surface area (Å²) in [6, 6.07) is 11.2. The Morgan fingerprint density at radius 2 is 1.93 bits per heavy atom. The lowest BCUT2D eigenvalue weighted by atomic mass is 9.85. The fourth-order valence-corrected chi connectivity index (χ4v) is 4.41. The number of aromatic nitrogens is 3. The van der Waals surface area contributed by atoms with E-state index < -0.39 is 0 Å². The fraction of sp³-hybridized carbons (Fsp3) is 0.500.